The van der Waals surface area contributed by atoms with Crippen LogP contribution in [0.2, 0.25) is 0 Å². The van der Waals surface area contributed by atoms with Gasteiger partial charge in [0.2, 0.25) is 5.91 Å². The summed E-state index contributed by atoms with van der Waals surface area (Å²) in [6.45, 7) is 5.73. The molecule has 0 bridgehead atoms. The smallest absolute Gasteiger partial charge is 0.220 e. The van der Waals surface area contributed by atoms with E-state index in [0.717, 1.165) is 36.5 Å². The Morgan fingerprint density at radius 3 is 2.46 bits per heavy atom. The van der Waals surface area contributed by atoms with Gasteiger partial charge in [0.15, 0.2) is 9.84 Å². The van der Waals surface area contributed by atoms with Gasteiger partial charge in [-0.1, -0.05) is 42.5 Å². The molecule has 1 aromatic heterocycles. The fourth-order valence-corrected chi connectivity index (χ4v) is 7.06. The number of aromatic nitrogens is 2. The standard InChI is InChI=1S/C28H33N3O3S/c1-19-3-5-25(13-20(19)2)23-6-8-24(9-7-23)26-17-31-16-22(4-10-27(31)30-26)15-29-28(32)14-21-11-12-35(33,34)18-21/h3,5-9,13,17,21-22H,4,10-12,14-16,18H2,1-2H3,(H,29,32). The Kier molecular flexibility index (Phi) is 6.53. The monoisotopic (exact) mass is 491 g/mol. The van der Waals surface area contributed by atoms with Crippen molar-refractivity contribution in [2.75, 3.05) is 18.1 Å². The highest BCUT2D eigenvalue weighted by Crippen LogP contribution is 2.28. The van der Waals surface area contributed by atoms with Gasteiger partial charge in [-0.2, -0.15) is 0 Å². The van der Waals surface area contributed by atoms with E-state index in [2.05, 4.69) is 72.4 Å². The molecule has 1 fully saturated rings. The zero-order chi connectivity index (χ0) is 24.6. The fourth-order valence-electron chi connectivity index (χ4n) is 5.20. The highest BCUT2D eigenvalue weighted by atomic mass is 32.2. The van der Waals surface area contributed by atoms with Crippen molar-refractivity contribution >= 4 is 15.7 Å². The number of hydrogen-bond acceptors (Lipinski definition) is 4. The molecule has 0 saturated carbocycles. The Labute approximate surface area is 207 Å². The first-order chi connectivity index (χ1) is 16.8. The van der Waals surface area contributed by atoms with Gasteiger partial charge < -0.3 is 9.88 Å². The second-order valence-electron chi connectivity index (χ2n) is 10.3. The Morgan fingerprint density at radius 2 is 1.74 bits per heavy atom. The van der Waals surface area contributed by atoms with Crippen molar-refractivity contribution in [2.24, 2.45) is 11.8 Å². The summed E-state index contributed by atoms with van der Waals surface area (Å²) in [5.74, 6) is 1.75. The van der Waals surface area contributed by atoms with Gasteiger partial charge in [0.1, 0.15) is 5.82 Å². The molecule has 3 heterocycles. The molecule has 2 aliphatic rings. The normalized spacial score (nSPS) is 21.0. The van der Waals surface area contributed by atoms with Crippen LogP contribution in [0.25, 0.3) is 22.4 Å². The van der Waals surface area contributed by atoms with E-state index in [9.17, 15) is 13.2 Å². The van der Waals surface area contributed by atoms with Crippen molar-refractivity contribution in [3.63, 3.8) is 0 Å². The molecule has 1 saturated heterocycles. The van der Waals surface area contributed by atoms with E-state index in [1.165, 1.54) is 22.3 Å². The summed E-state index contributed by atoms with van der Waals surface area (Å²) in [5, 5.41) is 3.04. The molecule has 0 aliphatic carbocycles. The zero-order valence-corrected chi connectivity index (χ0v) is 21.3. The molecule has 2 aromatic carbocycles. The number of imidazole rings is 1. The largest absolute Gasteiger partial charge is 0.356 e. The molecule has 5 rings (SSSR count). The van der Waals surface area contributed by atoms with Crippen molar-refractivity contribution in [1.82, 2.24) is 14.9 Å². The van der Waals surface area contributed by atoms with Crippen molar-refractivity contribution < 1.29 is 13.2 Å². The SMILES string of the molecule is Cc1ccc(-c2ccc(-c3cn4c(n3)CCC(CNC(=O)CC3CCS(=O)(=O)C3)C4)cc2)cc1C. The van der Waals surface area contributed by atoms with Crippen LogP contribution in [-0.2, 0) is 27.6 Å². The number of aryl methyl sites for hydroxylation is 3. The highest BCUT2D eigenvalue weighted by molar-refractivity contribution is 7.91. The first-order valence-electron chi connectivity index (χ1n) is 12.5. The Hall–Kier alpha value is -2.93. The average molecular weight is 492 g/mol. The van der Waals surface area contributed by atoms with E-state index < -0.39 is 9.84 Å². The van der Waals surface area contributed by atoms with E-state index in [4.69, 9.17) is 4.98 Å². The average Bonchev–Trinajstić information content (AvgIpc) is 3.41. The van der Waals surface area contributed by atoms with Gasteiger partial charge in [-0.15, -0.1) is 0 Å². The van der Waals surface area contributed by atoms with Gasteiger partial charge in [0.05, 0.1) is 17.2 Å². The second-order valence-corrected chi connectivity index (χ2v) is 12.5. The summed E-state index contributed by atoms with van der Waals surface area (Å²) in [6.07, 6.45) is 4.91. The van der Waals surface area contributed by atoms with E-state index in [1.54, 1.807) is 0 Å². The van der Waals surface area contributed by atoms with Gasteiger partial charge in [0, 0.05) is 37.7 Å². The number of carbonyl (C=O) groups is 1. The minimum atomic E-state index is -2.94. The first kappa shape index (κ1) is 23.8. The molecule has 7 heteroatoms. The van der Waals surface area contributed by atoms with Crippen LogP contribution in [0.1, 0.15) is 36.2 Å². The number of amides is 1. The minimum absolute atomic E-state index is 0.0319. The zero-order valence-electron chi connectivity index (χ0n) is 20.5. The minimum Gasteiger partial charge on any atom is -0.356 e. The maximum atomic E-state index is 12.3. The van der Waals surface area contributed by atoms with Crippen molar-refractivity contribution in [1.29, 1.82) is 0 Å². The van der Waals surface area contributed by atoms with E-state index in [-0.39, 0.29) is 23.3 Å². The Bertz CT molecular complexity index is 1340. The lowest BCUT2D eigenvalue weighted by Gasteiger charge is -2.24. The van der Waals surface area contributed by atoms with Crippen molar-refractivity contribution in [3.05, 3.63) is 65.6 Å². The maximum absolute atomic E-state index is 12.3. The van der Waals surface area contributed by atoms with Crippen molar-refractivity contribution in [3.8, 4) is 22.4 Å². The fraction of sp³-hybridized carbons (Fsp3) is 0.429. The number of sulfone groups is 1. The van der Waals surface area contributed by atoms with Crippen LogP contribution in [0, 0.1) is 25.7 Å². The summed E-state index contributed by atoms with van der Waals surface area (Å²) >= 11 is 0. The number of nitrogens with one attached hydrogen (secondary N) is 1. The molecule has 1 N–H and O–H groups in total. The number of carbonyl (C=O) groups excluding carboxylic acids is 1. The van der Waals surface area contributed by atoms with E-state index in [0.29, 0.717) is 25.3 Å². The number of rotatable bonds is 6. The molecule has 6 nitrogen and oxygen atoms in total. The topological polar surface area (TPSA) is 81.1 Å². The Balaban J connectivity index is 1.18. The van der Waals surface area contributed by atoms with Gasteiger partial charge in [-0.3, -0.25) is 4.79 Å². The van der Waals surface area contributed by atoms with E-state index in [1.807, 2.05) is 0 Å². The molecule has 2 unspecified atom stereocenters. The highest BCUT2D eigenvalue weighted by Gasteiger charge is 2.29. The third-order valence-corrected chi connectivity index (χ3v) is 9.34. The van der Waals surface area contributed by atoms with Gasteiger partial charge >= 0.3 is 0 Å². The maximum Gasteiger partial charge on any atom is 0.220 e. The van der Waals surface area contributed by atoms with Gasteiger partial charge in [0.25, 0.3) is 0 Å². The van der Waals surface area contributed by atoms with Crippen LogP contribution in [0.4, 0.5) is 0 Å². The quantitative estimate of drug-likeness (QED) is 0.556. The number of hydrogen-bond donors (Lipinski definition) is 1. The van der Waals surface area contributed by atoms with Crippen LogP contribution in [0.15, 0.2) is 48.7 Å². The first-order valence-corrected chi connectivity index (χ1v) is 14.3. The summed E-state index contributed by atoms with van der Waals surface area (Å²) in [6, 6.07) is 15.2. The third kappa shape index (κ3) is 5.50. The van der Waals surface area contributed by atoms with E-state index >= 15 is 0 Å². The molecule has 35 heavy (non-hydrogen) atoms. The molecule has 3 aromatic rings. The molecule has 2 aliphatic heterocycles. The van der Waals surface area contributed by atoms with Crippen LogP contribution >= 0.6 is 0 Å². The van der Waals surface area contributed by atoms with Gasteiger partial charge in [-0.25, -0.2) is 13.4 Å². The van der Waals surface area contributed by atoms with Crippen LogP contribution in [0.3, 0.4) is 0 Å². The Morgan fingerprint density at radius 1 is 1.00 bits per heavy atom. The van der Waals surface area contributed by atoms with Crippen LogP contribution in [-0.4, -0.2) is 41.9 Å². The summed E-state index contributed by atoms with van der Waals surface area (Å²) in [4.78, 5) is 17.2. The molecular formula is C28H33N3O3S. The predicted octanol–water partition coefficient (Wildman–Crippen LogP) is 4.34. The molecular weight excluding hydrogens is 458 g/mol. The lowest BCUT2D eigenvalue weighted by atomic mass is 9.99. The third-order valence-electron chi connectivity index (χ3n) is 7.50. The lowest BCUT2D eigenvalue weighted by molar-refractivity contribution is -0.122. The van der Waals surface area contributed by atoms with Crippen molar-refractivity contribution in [2.45, 2.75) is 46.1 Å². The van der Waals surface area contributed by atoms with Crippen LogP contribution < -0.4 is 5.32 Å². The summed E-state index contributed by atoms with van der Waals surface area (Å²) in [7, 11) is -2.94. The lowest BCUT2D eigenvalue weighted by Crippen LogP contribution is -2.34. The molecule has 0 radical (unpaired) electrons. The molecule has 0 spiro atoms. The number of fused-ring (bicyclic) bond motifs is 1. The number of nitrogens with zero attached hydrogens (tertiary/aromatic N) is 2. The molecule has 184 valence electrons. The van der Waals surface area contributed by atoms with Gasteiger partial charge in [-0.05, 0) is 60.8 Å². The summed E-state index contributed by atoms with van der Waals surface area (Å²) < 4.78 is 25.4. The predicted molar refractivity (Wildman–Crippen MR) is 139 cm³/mol. The second kappa shape index (κ2) is 9.61. The molecule has 2 atom stereocenters. The summed E-state index contributed by atoms with van der Waals surface area (Å²) in [5.41, 5.74) is 7.12. The van der Waals surface area contributed by atoms with Crippen LogP contribution in [0.5, 0.6) is 0 Å². The molecule has 1 amide bonds. The number of benzene rings is 2.